The fourth-order valence-electron chi connectivity index (χ4n) is 1.14. The van der Waals surface area contributed by atoms with Crippen molar-refractivity contribution in [1.82, 2.24) is 0 Å². The molecule has 0 fully saturated rings. The van der Waals surface area contributed by atoms with E-state index in [-0.39, 0.29) is 0 Å². The Morgan fingerprint density at radius 1 is 1.22 bits per heavy atom. The van der Waals surface area contributed by atoms with Gasteiger partial charge >= 0.3 is 0 Å². The molecule has 0 amide bonds. The van der Waals surface area contributed by atoms with E-state index in [1.165, 1.54) is 0 Å². The summed E-state index contributed by atoms with van der Waals surface area (Å²) >= 11 is 0. The van der Waals surface area contributed by atoms with E-state index in [1.807, 2.05) is 32.0 Å². The predicted octanol–water partition coefficient (Wildman–Crippen LogP) is 4.18. The van der Waals surface area contributed by atoms with E-state index in [9.17, 15) is 4.79 Å². The zero-order valence-corrected chi connectivity index (χ0v) is 10.9. The van der Waals surface area contributed by atoms with Gasteiger partial charge in [0, 0.05) is 16.7 Å². The second kappa shape index (κ2) is 9.86. The van der Waals surface area contributed by atoms with Crippen LogP contribution in [-0.4, -0.2) is 6.29 Å². The van der Waals surface area contributed by atoms with Crippen LogP contribution >= 0.6 is 0 Å². The van der Waals surface area contributed by atoms with Crippen molar-refractivity contribution in [3.63, 3.8) is 0 Å². The van der Waals surface area contributed by atoms with Crippen molar-refractivity contribution in [3.8, 4) is 11.8 Å². The van der Waals surface area contributed by atoms with Crippen LogP contribution in [-0.2, 0) is 0 Å². The Bertz CT molecular complexity index is 496. The largest absolute Gasteiger partial charge is 0.298 e. The molecule has 1 nitrogen and oxygen atoms in total. The van der Waals surface area contributed by atoms with Crippen LogP contribution in [0.25, 0.3) is 0 Å². The number of carbonyl (C=O) groups excluding carboxylic acids is 1. The first-order chi connectivity index (χ1) is 8.81. The van der Waals surface area contributed by atoms with E-state index in [0.29, 0.717) is 11.1 Å². The third-order valence-corrected chi connectivity index (χ3v) is 1.95. The second-order valence-corrected chi connectivity index (χ2v) is 3.02. The van der Waals surface area contributed by atoms with Gasteiger partial charge in [0.05, 0.1) is 0 Å². The van der Waals surface area contributed by atoms with Crippen LogP contribution in [0.2, 0.25) is 0 Å². The van der Waals surface area contributed by atoms with Crippen LogP contribution < -0.4 is 0 Å². The lowest BCUT2D eigenvalue weighted by molar-refractivity contribution is 0.112. The minimum absolute atomic E-state index is 0.594. The Hall–Kier alpha value is -2.33. The van der Waals surface area contributed by atoms with Crippen molar-refractivity contribution in [2.75, 3.05) is 0 Å². The van der Waals surface area contributed by atoms with Crippen molar-refractivity contribution >= 4 is 6.29 Å². The Morgan fingerprint density at radius 3 is 2.44 bits per heavy atom. The normalized spacial score (nSPS) is 9.11. The van der Waals surface area contributed by atoms with Crippen molar-refractivity contribution < 1.29 is 4.79 Å². The number of aldehydes is 1. The van der Waals surface area contributed by atoms with Crippen molar-refractivity contribution in [3.05, 3.63) is 72.4 Å². The summed E-state index contributed by atoms with van der Waals surface area (Å²) in [5.41, 5.74) is 2.09. The van der Waals surface area contributed by atoms with Gasteiger partial charge in [0.2, 0.25) is 0 Å². The van der Waals surface area contributed by atoms with E-state index in [4.69, 9.17) is 0 Å². The SMILES string of the molecule is C=C/C=C(/C#Cc1ccccc1C=O)C=C.CC. The third-order valence-electron chi connectivity index (χ3n) is 1.95. The van der Waals surface area contributed by atoms with Gasteiger partial charge in [0.1, 0.15) is 0 Å². The topological polar surface area (TPSA) is 17.1 Å². The van der Waals surface area contributed by atoms with Crippen molar-refractivity contribution in [2.24, 2.45) is 0 Å². The molecule has 0 spiro atoms. The molecule has 0 saturated heterocycles. The molecule has 0 heterocycles. The molecule has 0 aliphatic heterocycles. The molecule has 0 atom stereocenters. The number of hydrogen-bond donors (Lipinski definition) is 0. The Balaban J connectivity index is 0.00000137. The van der Waals surface area contributed by atoms with E-state index in [2.05, 4.69) is 25.0 Å². The highest BCUT2D eigenvalue weighted by atomic mass is 16.1. The minimum Gasteiger partial charge on any atom is -0.298 e. The average Bonchev–Trinajstić information content (AvgIpc) is 2.46. The Kier molecular flexibility index (Phi) is 8.59. The molecule has 0 aromatic heterocycles. The van der Waals surface area contributed by atoms with Gasteiger partial charge in [0.25, 0.3) is 0 Å². The molecule has 1 aromatic rings. The fourth-order valence-corrected chi connectivity index (χ4v) is 1.14. The maximum Gasteiger partial charge on any atom is 0.151 e. The molecule has 1 aromatic carbocycles. The lowest BCUT2D eigenvalue weighted by Crippen LogP contribution is -1.85. The lowest BCUT2D eigenvalue weighted by Gasteiger charge is -1.94. The summed E-state index contributed by atoms with van der Waals surface area (Å²) in [6, 6.07) is 7.21. The van der Waals surface area contributed by atoms with E-state index < -0.39 is 0 Å². The minimum atomic E-state index is 0.594. The van der Waals surface area contributed by atoms with E-state index in [1.54, 1.807) is 24.3 Å². The number of carbonyl (C=O) groups is 1. The lowest BCUT2D eigenvalue weighted by atomic mass is 10.1. The molecule has 0 saturated carbocycles. The monoisotopic (exact) mass is 238 g/mol. The highest BCUT2D eigenvalue weighted by Crippen LogP contribution is 2.04. The van der Waals surface area contributed by atoms with Crippen LogP contribution in [0.1, 0.15) is 29.8 Å². The summed E-state index contributed by atoms with van der Waals surface area (Å²) in [4.78, 5) is 10.7. The molecular weight excluding hydrogens is 220 g/mol. The van der Waals surface area contributed by atoms with Crippen LogP contribution in [0, 0.1) is 11.8 Å². The molecule has 0 radical (unpaired) electrons. The fraction of sp³-hybridized carbons (Fsp3) is 0.118. The molecule has 0 unspecified atom stereocenters. The van der Waals surface area contributed by atoms with Gasteiger partial charge in [-0.25, -0.2) is 0 Å². The molecule has 0 aliphatic carbocycles. The quantitative estimate of drug-likeness (QED) is 0.438. The molecular formula is C17H18O. The Morgan fingerprint density at radius 2 is 1.89 bits per heavy atom. The second-order valence-electron chi connectivity index (χ2n) is 3.02. The third kappa shape index (κ3) is 5.14. The number of rotatable bonds is 3. The zero-order chi connectivity index (χ0) is 13.8. The molecule has 0 N–H and O–H groups in total. The highest BCUT2D eigenvalue weighted by Gasteiger charge is 1.95. The maximum absolute atomic E-state index is 10.7. The van der Waals surface area contributed by atoms with Gasteiger partial charge in [-0.15, -0.1) is 0 Å². The summed E-state index contributed by atoms with van der Waals surface area (Å²) in [7, 11) is 0. The molecule has 18 heavy (non-hydrogen) atoms. The van der Waals surface area contributed by atoms with Crippen LogP contribution in [0.3, 0.4) is 0 Å². The average molecular weight is 238 g/mol. The summed E-state index contributed by atoms with van der Waals surface area (Å²) in [5, 5.41) is 0. The summed E-state index contributed by atoms with van der Waals surface area (Å²) < 4.78 is 0. The first-order valence-corrected chi connectivity index (χ1v) is 5.83. The van der Waals surface area contributed by atoms with Gasteiger partial charge in [0.15, 0.2) is 6.29 Å². The van der Waals surface area contributed by atoms with Crippen LogP contribution in [0.5, 0.6) is 0 Å². The standard InChI is InChI=1S/C15H12O.C2H6/c1-3-7-13(4-2)10-11-14-8-5-6-9-15(14)12-16;1-2/h3-9,12H,1-2H2;1-2H3/b13-7+;. The number of allylic oxidation sites excluding steroid dienone is 4. The van der Waals surface area contributed by atoms with Crippen LogP contribution in [0.4, 0.5) is 0 Å². The van der Waals surface area contributed by atoms with Gasteiger partial charge in [-0.3, -0.25) is 4.79 Å². The zero-order valence-electron chi connectivity index (χ0n) is 10.9. The first-order valence-electron chi connectivity index (χ1n) is 5.83. The smallest absolute Gasteiger partial charge is 0.151 e. The summed E-state index contributed by atoms with van der Waals surface area (Å²) in [6.07, 6.45) is 5.87. The van der Waals surface area contributed by atoms with Gasteiger partial charge < -0.3 is 0 Å². The molecule has 0 bridgehead atoms. The summed E-state index contributed by atoms with van der Waals surface area (Å²) in [6.45, 7) is 11.2. The molecule has 0 aliphatic rings. The van der Waals surface area contributed by atoms with Crippen molar-refractivity contribution in [2.45, 2.75) is 13.8 Å². The maximum atomic E-state index is 10.7. The molecule has 1 heteroatoms. The van der Waals surface area contributed by atoms with E-state index >= 15 is 0 Å². The number of benzene rings is 1. The van der Waals surface area contributed by atoms with Gasteiger partial charge in [-0.2, -0.15) is 0 Å². The first kappa shape index (κ1) is 15.7. The van der Waals surface area contributed by atoms with Gasteiger partial charge in [-0.1, -0.05) is 69.2 Å². The van der Waals surface area contributed by atoms with Crippen LogP contribution in [0.15, 0.2) is 61.2 Å². The highest BCUT2D eigenvalue weighted by molar-refractivity contribution is 5.79. The van der Waals surface area contributed by atoms with E-state index in [0.717, 1.165) is 11.9 Å². The molecule has 92 valence electrons. The van der Waals surface area contributed by atoms with Crippen molar-refractivity contribution in [1.29, 1.82) is 0 Å². The summed E-state index contributed by atoms with van der Waals surface area (Å²) in [5.74, 6) is 5.86. The Labute approximate surface area is 110 Å². The van der Waals surface area contributed by atoms with Gasteiger partial charge in [-0.05, 0) is 12.1 Å². The number of hydrogen-bond acceptors (Lipinski definition) is 1. The predicted molar refractivity (Wildman–Crippen MR) is 78.5 cm³/mol. The molecule has 1 rings (SSSR count).